The summed E-state index contributed by atoms with van der Waals surface area (Å²) in [5, 5.41) is 10.7. The van der Waals surface area contributed by atoms with Gasteiger partial charge in [0.25, 0.3) is 0 Å². The number of phenolic OH excluding ortho intramolecular Hbond substituents is 1. The van der Waals surface area contributed by atoms with Gasteiger partial charge in [-0.05, 0) is 46.1 Å². The van der Waals surface area contributed by atoms with Gasteiger partial charge in [-0.25, -0.2) is 0 Å². The van der Waals surface area contributed by atoms with Crippen LogP contribution in [0.25, 0.3) is 0 Å². The predicted octanol–water partition coefficient (Wildman–Crippen LogP) is 4.76. The van der Waals surface area contributed by atoms with E-state index < -0.39 is 11.9 Å². The Kier molecular flexibility index (Phi) is 7.88. The van der Waals surface area contributed by atoms with Crippen LogP contribution >= 0.6 is 0 Å². The predicted molar refractivity (Wildman–Crippen MR) is 106 cm³/mol. The van der Waals surface area contributed by atoms with Crippen LogP contribution in [-0.2, 0) is 36.5 Å². The monoisotopic (exact) mass is 378 g/mol. The fourth-order valence-corrected chi connectivity index (χ4v) is 2.64. The number of ether oxygens (including phenoxy) is 2. The van der Waals surface area contributed by atoms with Crippen molar-refractivity contribution in [3.8, 4) is 5.75 Å². The van der Waals surface area contributed by atoms with Crippen molar-refractivity contribution in [2.45, 2.75) is 85.2 Å². The molecule has 152 valence electrons. The van der Waals surface area contributed by atoms with E-state index in [-0.39, 0.29) is 29.6 Å². The lowest BCUT2D eigenvalue weighted by Crippen LogP contribution is -2.18. The fourth-order valence-electron chi connectivity index (χ4n) is 2.64. The number of esters is 2. The molecule has 0 bridgehead atoms. The zero-order valence-electron chi connectivity index (χ0n) is 17.8. The highest BCUT2D eigenvalue weighted by molar-refractivity contribution is 5.91. The summed E-state index contributed by atoms with van der Waals surface area (Å²) >= 11 is 0. The number of benzene rings is 1. The van der Waals surface area contributed by atoms with E-state index in [1.807, 2.05) is 60.6 Å². The number of hydrogen-bond donors (Lipinski definition) is 1. The molecule has 0 heterocycles. The second-order valence-corrected chi connectivity index (χ2v) is 8.95. The van der Waals surface area contributed by atoms with Gasteiger partial charge < -0.3 is 14.6 Å². The third-order valence-electron chi connectivity index (χ3n) is 4.24. The summed E-state index contributed by atoms with van der Waals surface area (Å²) < 4.78 is 10.2. The molecule has 0 unspecified atom stereocenters. The Balaban J connectivity index is 2.88. The van der Waals surface area contributed by atoms with E-state index in [9.17, 15) is 14.7 Å². The molecular weight excluding hydrogens is 344 g/mol. The third-order valence-corrected chi connectivity index (χ3v) is 4.24. The number of rotatable bonds is 7. The molecular formula is C22H34O5. The summed E-state index contributed by atoms with van der Waals surface area (Å²) in [5.41, 5.74) is 1.88. The van der Waals surface area contributed by atoms with Crippen molar-refractivity contribution in [3.63, 3.8) is 0 Å². The Labute approximate surface area is 163 Å². The first-order chi connectivity index (χ1) is 12.4. The molecule has 0 aliphatic rings. The molecule has 0 aliphatic carbocycles. The topological polar surface area (TPSA) is 72.8 Å². The number of aromatic hydroxyl groups is 1. The zero-order chi connectivity index (χ0) is 20.8. The molecule has 5 nitrogen and oxygen atoms in total. The van der Waals surface area contributed by atoms with Gasteiger partial charge in [0.2, 0.25) is 0 Å². The van der Waals surface area contributed by atoms with Crippen molar-refractivity contribution in [1.82, 2.24) is 0 Å². The first-order valence-corrected chi connectivity index (χ1v) is 9.54. The van der Waals surface area contributed by atoms with Crippen molar-refractivity contribution < 1.29 is 24.2 Å². The van der Waals surface area contributed by atoms with Crippen molar-refractivity contribution in [3.05, 3.63) is 28.8 Å². The lowest BCUT2D eigenvalue weighted by molar-refractivity contribution is -0.155. The van der Waals surface area contributed by atoms with E-state index >= 15 is 0 Å². The molecule has 1 aromatic carbocycles. The SMILES string of the molecule is CCCCOC(=O)CC(=O)OCc1cc(C(C)(C)C)c(O)c(C(C)(C)C)c1. The van der Waals surface area contributed by atoms with Crippen molar-refractivity contribution in [1.29, 1.82) is 0 Å². The number of unbranched alkanes of at least 4 members (excludes halogenated alkanes) is 1. The highest BCUT2D eigenvalue weighted by Crippen LogP contribution is 2.39. The molecule has 0 amide bonds. The van der Waals surface area contributed by atoms with E-state index in [0.717, 1.165) is 29.5 Å². The second kappa shape index (κ2) is 9.25. The molecule has 0 aliphatic heterocycles. The number of hydrogen-bond acceptors (Lipinski definition) is 5. The van der Waals surface area contributed by atoms with E-state index in [1.54, 1.807) is 0 Å². The lowest BCUT2D eigenvalue weighted by Gasteiger charge is -2.28. The summed E-state index contributed by atoms with van der Waals surface area (Å²) in [7, 11) is 0. The van der Waals surface area contributed by atoms with Crippen LogP contribution < -0.4 is 0 Å². The normalized spacial score (nSPS) is 12.0. The quantitative estimate of drug-likeness (QED) is 0.420. The van der Waals surface area contributed by atoms with Gasteiger partial charge in [-0.15, -0.1) is 0 Å². The van der Waals surface area contributed by atoms with Crippen molar-refractivity contribution >= 4 is 11.9 Å². The molecule has 5 heteroatoms. The Morgan fingerprint density at radius 2 is 1.41 bits per heavy atom. The standard InChI is InChI=1S/C22H34O5/c1-8-9-10-26-18(23)13-19(24)27-14-15-11-16(21(2,3)4)20(25)17(12-15)22(5,6)7/h11-12,25H,8-10,13-14H2,1-7H3. The minimum absolute atomic E-state index is 0.0491. The fraction of sp³-hybridized carbons (Fsp3) is 0.636. The summed E-state index contributed by atoms with van der Waals surface area (Å²) in [5.74, 6) is -0.895. The molecule has 1 rings (SSSR count). The smallest absolute Gasteiger partial charge is 0.317 e. The molecule has 1 N–H and O–H groups in total. The maximum absolute atomic E-state index is 11.9. The Hall–Kier alpha value is -2.04. The van der Waals surface area contributed by atoms with Crippen LogP contribution in [0.1, 0.15) is 84.4 Å². The van der Waals surface area contributed by atoms with Crippen LogP contribution in [0.5, 0.6) is 5.75 Å². The highest BCUT2D eigenvalue weighted by Gasteiger charge is 2.26. The first-order valence-electron chi connectivity index (χ1n) is 9.54. The average Bonchev–Trinajstić information content (AvgIpc) is 2.51. The van der Waals surface area contributed by atoms with Gasteiger partial charge in [0.1, 0.15) is 18.8 Å². The van der Waals surface area contributed by atoms with Crippen molar-refractivity contribution in [2.24, 2.45) is 0 Å². The second-order valence-electron chi connectivity index (χ2n) is 8.95. The van der Waals surface area contributed by atoms with Gasteiger partial charge in [-0.1, -0.05) is 54.9 Å². The van der Waals surface area contributed by atoms with Crippen LogP contribution in [-0.4, -0.2) is 23.7 Å². The van der Waals surface area contributed by atoms with E-state index in [2.05, 4.69) is 0 Å². The molecule has 0 spiro atoms. The molecule has 0 saturated heterocycles. The van der Waals surface area contributed by atoms with E-state index in [0.29, 0.717) is 6.61 Å². The molecule has 0 atom stereocenters. The van der Waals surface area contributed by atoms with Crippen LogP contribution in [0.15, 0.2) is 12.1 Å². The van der Waals surface area contributed by atoms with Gasteiger partial charge in [0, 0.05) is 0 Å². The highest BCUT2D eigenvalue weighted by atomic mass is 16.6. The Morgan fingerprint density at radius 3 is 1.85 bits per heavy atom. The van der Waals surface area contributed by atoms with Crippen molar-refractivity contribution in [2.75, 3.05) is 6.61 Å². The van der Waals surface area contributed by atoms with Crippen LogP contribution in [0.2, 0.25) is 0 Å². The van der Waals surface area contributed by atoms with Gasteiger partial charge in [0.05, 0.1) is 6.61 Å². The van der Waals surface area contributed by atoms with Crippen LogP contribution in [0.4, 0.5) is 0 Å². The number of phenols is 1. The molecule has 0 aromatic heterocycles. The molecule has 1 aromatic rings. The molecule has 0 fully saturated rings. The summed E-state index contributed by atoms with van der Waals surface area (Å²) in [4.78, 5) is 23.5. The molecule has 0 saturated carbocycles. The minimum atomic E-state index is -0.612. The van der Waals surface area contributed by atoms with Gasteiger partial charge in [-0.2, -0.15) is 0 Å². The lowest BCUT2D eigenvalue weighted by atomic mass is 9.78. The Morgan fingerprint density at radius 1 is 0.926 bits per heavy atom. The average molecular weight is 379 g/mol. The van der Waals surface area contributed by atoms with Crippen LogP contribution in [0, 0.1) is 0 Å². The summed E-state index contributed by atoms with van der Waals surface area (Å²) in [6, 6.07) is 3.72. The van der Waals surface area contributed by atoms with Gasteiger partial charge >= 0.3 is 11.9 Å². The molecule has 27 heavy (non-hydrogen) atoms. The van der Waals surface area contributed by atoms with Gasteiger partial charge in [0.15, 0.2) is 0 Å². The maximum atomic E-state index is 11.9. The van der Waals surface area contributed by atoms with E-state index in [4.69, 9.17) is 9.47 Å². The largest absolute Gasteiger partial charge is 0.507 e. The van der Waals surface area contributed by atoms with E-state index in [1.165, 1.54) is 0 Å². The number of carbonyl (C=O) groups excluding carboxylic acids is 2. The van der Waals surface area contributed by atoms with Gasteiger partial charge in [-0.3, -0.25) is 9.59 Å². The Bertz CT molecular complexity index is 627. The summed E-state index contributed by atoms with van der Waals surface area (Å²) in [6.45, 7) is 14.5. The summed E-state index contributed by atoms with van der Waals surface area (Å²) in [6.07, 6.45) is 1.31. The zero-order valence-corrected chi connectivity index (χ0v) is 17.8. The first kappa shape index (κ1) is 23.0. The number of carbonyl (C=O) groups is 2. The molecule has 0 radical (unpaired) electrons. The maximum Gasteiger partial charge on any atom is 0.317 e. The van der Waals surface area contributed by atoms with Crippen LogP contribution in [0.3, 0.4) is 0 Å². The third kappa shape index (κ3) is 7.24. The minimum Gasteiger partial charge on any atom is -0.507 e.